The van der Waals surface area contributed by atoms with Gasteiger partial charge in [0.15, 0.2) is 0 Å². The Hall–Kier alpha value is -1.46. The molecule has 0 saturated heterocycles. The number of hydrogen-bond donors (Lipinski definition) is 1. The molecular formula is C14H14F2O2S. The van der Waals surface area contributed by atoms with Crippen molar-refractivity contribution in [3.05, 3.63) is 51.7 Å². The van der Waals surface area contributed by atoms with Gasteiger partial charge in [0, 0.05) is 9.75 Å². The predicted octanol–water partition coefficient (Wildman–Crippen LogP) is 3.99. The Bertz CT molecular complexity index is 540. The summed E-state index contributed by atoms with van der Waals surface area (Å²) in [5, 5.41) is 10.2. The Morgan fingerprint density at radius 3 is 2.68 bits per heavy atom. The average molecular weight is 284 g/mol. The van der Waals surface area contributed by atoms with Crippen LogP contribution in [0.4, 0.5) is 8.78 Å². The van der Waals surface area contributed by atoms with Crippen LogP contribution >= 0.6 is 11.3 Å². The molecule has 102 valence electrons. The molecule has 1 heterocycles. The molecule has 1 atom stereocenters. The molecule has 2 nitrogen and oxygen atoms in total. The highest BCUT2D eigenvalue weighted by atomic mass is 32.1. The van der Waals surface area contributed by atoms with Gasteiger partial charge in [-0.1, -0.05) is 19.1 Å². The van der Waals surface area contributed by atoms with Crippen molar-refractivity contribution < 1.29 is 18.6 Å². The zero-order valence-corrected chi connectivity index (χ0v) is 11.2. The van der Waals surface area contributed by atoms with Gasteiger partial charge in [-0.15, -0.1) is 11.3 Å². The Balaban J connectivity index is 2.20. The van der Waals surface area contributed by atoms with Gasteiger partial charge < -0.3 is 9.84 Å². The number of alkyl halides is 2. The summed E-state index contributed by atoms with van der Waals surface area (Å²) in [6, 6.07) is 9.97. The number of ether oxygens (including phenoxy) is 1. The van der Waals surface area contributed by atoms with Crippen molar-refractivity contribution in [1.82, 2.24) is 0 Å². The van der Waals surface area contributed by atoms with Gasteiger partial charge in [-0.25, -0.2) is 0 Å². The number of aryl methyl sites for hydroxylation is 1. The largest absolute Gasteiger partial charge is 0.435 e. The summed E-state index contributed by atoms with van der Waals surface area (Å²) in [6.07, 6.45) is 0.0952. The van der Waals surface area contributed by atoms with E-state index in [9.17, 15) is 13.9 Å². The molecule has 0 aliphatic carbocycles. The lowest BCUT2D eigenvalue weighted by molar-refractivity contribution is -0.0499. The summed E-state index contributed by atoms with van der Waals surface area (Å²) in [5.74, 6) is 0.0545. The monoisotopic (exact) mass is 284 g/mol. The van der Waals surface area contributed by atoms with Gasteiger partial charge in [0.05, 0.1) is 0 Å². The molecule has 0 aliphatic heterocycles. The molecule has 0 radical (unpaired) electrons. The van der Waals surface area contributed by atoms with Gasteiger partial charge in [-0.2, -0.15) is 8.78 Å². The second-order valence-electron chi connectivity index (χ2n) is 4.01. The SMILES string of the molecule is CCc1ccc(C(O)c2cccc(OC(F)F)c2)s1. The smallest absolute Gasteiger partial charge is 0.387 e. The summed E-state index contributed by atoms with van der Waals surface area (Å²) in [6.45, 7) is -0.820. The fourth-order valence-electron chi connectivity index (χ4n) is 1.76. The lowest BCUT2D eigenvalue weighted by Crippen LogP contribution is -2.03. The molecule has 0 aliphatic rings. The number of aliphatic hydroxyl groups is 1. The first-order chi connectivity index (χ1) is 9.10. The average Bonchev–Trinajstić information content (AvgIpc) is 2.86. The van der Waals surface area contributed by atoms with E-state index in [1.54, 1.807) is 12.1 Å². The number of halogens is 2. The third-order valence-electron chi connectivity index (χ3n) is 2.70. The standard InChI is InChI=1S/C14H14F2O2S/c1-2-11-6-7-12(19-11)13(17)9-4-3-5-10(8-9)18-14(15)16/h3-8,13-14,17H,2H2,1H3. The topological polar surface area (TPSA) is 29.5 Å². The maximum absolute atomic E-state index is 12.1. The van der Waals surface area contributed by atoms with Crippen molar-refractivity contribution in [2.24, 2.45) is 0 Å². The van der Waals surface area contributed by atoms with Crippen LogP contribution < -0.4 is 4.74 Å². The molecule has 19 heavy (non-hydrogen) atoms. The van der Waals surface area contributed by atoms with Crippen LogP contribution in [0.3, 0.4) is 0 Å². The minimum Gasteiger partial charge on any atom is -0.435 e. The minimum atomic E-state index is -2.86. The van der Waals surface area contributed by atoms with Gasteiger partial charge in [0.1, 0.15) is 11.9 Å². The van der Waals surface area contributed by atoms with E-state index < -0.39 is 12.7 Å². The number of benzene rings is 1. The highest BCUT2D eigenvalue weighted by Crippen LogP contribution is 2.30. The number of rotatable bonds is 5. The Kier molecular flexibility index (Phi) is 4.50. The van der Waals surface area contributed by atoms with Gasteiger partial charge in [-0.3, -0.25) is 0 Å². The first-order valence-electron chi connectivity index (χ1n) is 5.91. The van der Waals surface area contributed by atoms with Crippen molar-refractivity contribution in [2.75, 3.05) is 0 Å². The van der Waals surface area contributed by atoms with Crippen molar-refractivity contribution in [3.8, 4) is 5.75 Å². The van der Waals surface area contributed by atoms with Gasteiger partial charge in [0.25, 0.3) is 0 Å². The molecule has 5 heteroatoms. The van der Waals surface area contributed by atoms with Crippen LogP contribution in [0.15, 0.2) is 36.4 Å². The van der Waals surface area contributed by atoms with Crippen LogP contribution in [0.1, 0.15) is 28.3 Å². The molecular weight excluding hydrogens is 270 g/mol. The second-order valence-corrected chi connectivity index (χ2v) is 5.21. The fourth-order valence-corrected chi connectivity index (χ4v) is 2.72. The zero-order valence-electron chi connectivity index (χ0n) is 10.3. The first kappa shape index (κ1) is 14.0. The van der Waals surface area contributed by atoms with E-state index in [4.69, 9.17) is 0 Å². The number of hydrogen-bond acceptors (Lipinski definition) is 3. The van der Waals surface area contributed by atoms with Crippen molar-refractivity contribution in [1.29, 1.82) is 0 Å². The quantitative estimate of drug-likeness (QED) is 0.899. The van der Waals surface area contributed by atoms with Crippen molar-refractivity contribution >= 4 is 11.3 Å². The zero-order chi connectivity index (χ0) is 13.8. The van der Waals surface area contributed by atoms with E-state index in [2.05, 4.69) is 4.74 Å². The molecule has 1 aromatic carbocycles. The Morgan fingerprint density at radius 1 is 1.26 bits per heavy atom. The molecule has 0 bridgehead atoms. The van der Waals surface area contributed by atoms with Crippen LogP contribution in [0.2, 0.25) is 0 Å². The van der Waals surface area contributed by atoms with Gasteiger partial charge in [0.2, 0.25) is 0 Å². The molecule has 2 aromatic rings. The lowest BCUT2D eigenvalue weighted by atomic mass is 10.1. The molecule has 2 rings (SSSR count). The van der Waals surface area contributed by atoms with Crippen LogP contribution in [0.5, 0.6) is 5.75 Å². The number of thiophene rings is 1. The minimum absolute atomic E-state index is 0.0545. The van der Waals surface area contributed by atoms with Crippen LogP contribution in [-0.2, 0) is 6.42 Å². The summed E-state index contributed by atoms with van der Waals surface area (Å²) in [4.78, 5) is 1.97. The van der Waals surface area contributed by atoms with Crippen molar-refractivity contribution in [3.63, 3.8) is 0 Å². The predicted molar refractivity (Wildman–Crippen MR) is 70.8 cm³/mol. The van der Waals surface area contributed by atoms with E-state index in [0.29, 0.717) is 5.56 Å². The molecule has 0 saturated carbocycles. The van der Waals surface area contributed by atoms with E-state index in [-0.39, 0.29) is 5.75 Å². The first-order valence-corrected chi connectivity index (χ1v) is 6.73. The lowest BCUT2D eigenvalue weighted by Gasteiger charge is -2.11. The molecule has 0 amide bonds. The van der Waals surface area contributed by atoms with E-state index >= 15 is 0 Å². The van der Waals surface area contributed by atoms with E-state index in [0.717, 1.165) is 11.3 Å². The molecule has 1 aromatic heterocycles. The Labute approximate surface area is 114 Å². The van der Waals surface area contributed by atoms with Crippen LogP contribution in [-0.4, -0.2) is 11.7 Å². The van der Waals surface area contributed by atoms with Crippen LogP contribution in [0.25, 0.3) is 0 Å². The Morgan fingerprint density at radius 2 is 2.05 bits per heavy atom. The van der Waals surface area contributed by atoms with Crippen LogP contribution in [0, 0.1) is 0 Å². The maximum Gasteiger partial charge on any atom is 0.387 e. The molecule has 0 spiro atoms. The van der Waals surface area contributed by atoms with E-state index in [1.807, 2.05) is 19.1 Å². The number of aliphatic hydroxyl groups excluding tert-OH is 1. The molecule has 1 unspecified atom stereocenters. The third-order valence-corrected chi connectivity index (χ3v) is 3.98. The highest BCUT2D eigenvalue weighted by Gasteiger charge is 2.14. The highest BCUT2D eigenvalue weighted by molar-refractivity contribution is 7.12. The summed E-state index contributed by atoms with van der Waals surface area (Å²) >= 11 is 1.52. The molecule has 1 N–H and O–H groups in total. The van der Waals surface area contributed by atoms with Crippen molar-refractivity contribution in [2.45, 2.75) is 26.1 Å². The second kappa shape index (κ2) is 6.12. The summed E-state index contributed by atoms with van der Waals surface area (Å²) in [5.41, 5.74) is 0.544. The van der Waals surface area contributed by atoms with Gasteiger partial charge >= 0.3 is 6.61 Å². The maximum atomic E-state index is 12.1. The van der Waals surface area contributed by atoms with Gasteiger partial charge in [-0.05, 0) is 36.2 Å². The molecule has 0 fully saturated rings. The van der Waals surface area contributed by atoms with E-state index in [1.165, 1.54) is 28.3 Å². The third kappa shape index (κ3) is 3.52. The fraction of sp³-hybridized carbons (Fsp3) is 0.286. The summed E-state index contributed by atoms with van der Waals surface area (Å²) < 4.78 is 28.6. The summed E-state index contributed by atoms with van der Waals surface area (Å²) in [7, 11) is 0. The normalized spacial score (nSPS) is 12.7.